The molecule has 0 radical (unpaired) electrons. The van der Waals surface area contributed by atoms with Gasteiger partial charge in [-0.3, -0.25) is 0 Å². The van der Waals surface area contributed by atoms with Gasteiger partial charge in [0.05, 0.1) is 5.52 Å². The molecule has 0 bridgehead atoms. The van der Waals surface area contributed by atoms with Gasteiger partial charge in [-0.1, -0.05) is 24.8 Å². The van der Waals surface area contributed by atoms with Gasteiger partial charge in [0.25, 0.3) is 0 Å². The van der Waals surface area contributed by atoms with Crippen LogP contribution in [0.1, 0.15) is 0 Å². The van der Waals surface area contributed by atoms with E-state index in [-0.39, 0.29) is 0 Å². The quantitative estimate of drug-likeness (QED) is 0.616. The van der Waals surface area contributed by atoms with Crippen LogP contribution >= 0.6 is 0 Å². The molecule has 1 aromatic heterocycles. The Balaban J connectivity index is 2.57. The van der Waals surface area contributed by atoms with Crippen molar-refractivity contribution >= 4 is 17.1 Å². The number of para-hydroxylation sites is 1. The molecular weight excluding hydrogens is 160 g/mol. The van der Waals surface area contributed by atoms with Crippen LogP contribution in [0.3, 0.4) is 0 Å². The van der Waals surface area contributed by atoms with Gasteiger partial charge in [0, 0.05) is 17.8 Å². The molecule has 0 saturated heterocycles. The van der Waals surface area contributed by atoms with Crippen molar-refractivity contribution in [3.8, 4) is 0 Å². The maximum Gasteiger partial charge on any atom is 0.0718 e. The third-order valence-corrected chi connectivity index (χ3v) is 1.88. The van der Waals surface area contributed by atoms with Gasteiger partial charge in [-0.2, -0.15) is 5.10 Å². The second-order valence-corrected chi connectivity index (χ2v) is 2.72. The van der Waals surface area contributed by atoms with Crippen molar-refractivity contribution in [1.29, 1.82) is 0 Å². The molecule has 0 N–H and O–H groups in total. The first-order valence-electron chi connectivity index (χ1n) is 4.13. The summed E-state index contributed by atoms with van der Waals surface area (Å²) < 4.78 is 1.83. The Morgan fingerprint density at radius 1 is 1.23 bits per heavy atom. The van der Waals surface area contributed by atoms with Crippen LogP contribution < -0.4 is 0 Å². The van der Waals surface area contributed by atoms with E-state index in [1.54, 1.807) is 12.3 Å². The molecule has 0 amide bonds. The highest BCUT2D eigenvalue weighted by atomic mass is 15.3. The van der Waals surface area contributed by atoms with Gasteiger partial charge >= 0.3 is 0 Å². The molecule has 1 heterocycles. The fourth-order valence-electron chi connectivity index (χ4n) is 1.29. The lowest BCUT2D eigenvalue weighted by molar-refractivity contribution is 0.934. The van der Waals surface area contributed by atoms with E-state index >= 15 is 0 Å². The summed E-state index contributed by atoms with van der Waals surface area (Å²) in [5.41, 5.74) is 1.11. The summed E-state index contributed by atoms with van der Waals surface area (Å²) in [7, 11) is 0. The summed E-state index contributed by atoms with van der Waals surface area (Å²) in [6, 6.07) is 10.2. The first kappa shape index (κ1) is 7.80. The highest BCUT2D eigenvalue weighted by Crippen LogP contribution is 2.14. The Labute approximate surface area is 76.8 Å². The van der Waals surface area contributed by atoms with E-state index in [1.165, 1.54) is 5.39 Å². The number of hydrogen-bond acceptors (Lipinski definition) is 1. The van der Waals surface area contributed by atoms with Gasteiger partial charge < -0.3 is 0 Å². The molecule has 0 saturated carbocycles. The Morgan fingerprint density at radius 2 is 2.08 bits per heavy atom. The summed E-state index contributed by atoms with van der Waals surface area (Å²) in [5.74, 6) is 0. The zero-order chi connectivity index (χ0) is 9.10. The number of benzene rings is 1. The second kappa shape index (κ2) is 3.27. The molecule has 0 aliphatic rings. The van der Waals surface area contributed by atoms with Crippen molar-refractivity contribution in [2.24, 2.45) is 5.10 Å². The monoisotopic (exact) mass is 170 g/mol. The zero-order valence-electron chi connectivity index (χ0n) is 7.22. The third-order valence-electron chi connectivity index (χ3n) is 1.88. The molecule has 2 aromatic rings. The largest absolute Gasteiger partial charge is 0.240 e. The minimum Gasteiger partial charge on any atom is -0.240 e. The fraction of sp³-hybridized carbons (Fsp3) is 0. The molecule has 0 fully saturated rings. The van der Waals surface area contributed by atoms with Crippen molar-refractivity contribution in [1.82, 2.24) is 4.68 Å². The van der Waals surface area contributed by atoms with Crippen molar-refractivity contribution in [2.45, 2.75) is 0 Å². The number of nitrogens with zero attached hydrogens (tertiary/aromatic N) is 2. The average Bonchev–Trinajstić information content (AvgIpc) is 2.58. The van der Waals surface area contributed by atoms with Crippen molar-refractivity contribution < 1.29 is 0 Å². The summed E-state index contributed by atoms with van der Waals surface area (Å²) in [6.07, 6.45) is 5.27. The molecule has 0 spiro atoms. The van der Waals surface area contributed by atoms with Gasteiger partial charge in [0.2, 0.25) is 0 Å². The maximum atomic E-state index is 4.19. The second-order valence-electron chi connectivity index (χ2n) is 2.72. The van der Waals surface area contributed by atoms with Crippen LogP contribution in [0.2, 0.25) is 0 Å². The highest BCUT2D eigenvalue weighted by Gasteiger charge is 1.95. The molecule has 2 nitrogen and oxygen atoms in total. The Bertz CT molecular complexity index is 452. The molecule has 2 heteroatoms. The highest BCUT2D eigenvalue weighted by molar-refractivity contribution is 5.80. The van der Waals surface area contributed by atoms with Crippen LogP contribution in [0.25, 0.3) is 10.9 Å². The maximum absolute atomic E-state index is 4.19. The molecule has 0 aliphatic carbocycles. The number of rotatable bonds is 2. The molecule has 0 unspecified atom stereocenters. The first-order valence-corrected chi connectivity index (χ1v) is 4.13. The van der Waals surface area contributed by atoms with Crippen LogP contribution in [-0.2, 0) is 0 Å². The van der Waals surface area contributed by atoms with Crippen LogP contribution in [-0.4, -0.2) is 10.9 Å². The van der Waals surface area contributed by atoms with Crippen LogP contribution in [0, 0.1) is 0 Å². The molecule has 0 atom stereocenters. The summed E-state index contributed by atoms with van der Waals surface area (Å²) in [6.45, 7) is 3.58. The molecule has 1 aromatic carbocycles. The number of fused-ring (bicyclic) bond motifs is 1. The molecular formula is C11H10N2. The summed E-state index contributed by atoms with van der Waals surface area (Å²) in [4.78, 5) is 0. The van der Waals surface area contributed by atoms with E-state index in [9.17, 15) is 0 Å². The van der Waals surface area contributed by atoms with E-state index in [0.29, 0.717) is 0 Å². The topological polar surface area (TPSA) is 17.3 Å². The predicted molar refractivity (Wildman–Crippen MR) is 56.0 cm³/mol. The average molecular weight is 170 g/mol. The number of aromatic nitrogens is 1. The van der Waals surface area contributed by atoms with Crippen LogP contribution in [0.5, 0.6) is 0 Å². The lowest BCUT2D eigenvalue weighted by Gasteiger charge is -1.94. The van der Waals surface area contributed by atoms with E-state index in [1.807, 2.05) is 35.1 Å². The lowest BCUT2D eigenvalue weighted by Crippen LogP contribution is -1.84. The van der Waals surface area contributed by atoms with Gasteiger partial charge in [-0.05, 0) is 18.2 Å². The normalized spacial score (nSPS) is 11.1. The molecule has 2 rings (SSSR count). The number of hydrogen-bond donors (Lipinski definition) is 0. The minimum absolute atomic E-state index is 1.11. The Hall–Kier alpha value is -1.83. The number of allylic oxidation sites excluding steroid dienone is 1. The van der Waals surface area contributed by atoms with E-state index in [4.69, 9.17) is 0 Å². The lowest BCUT2D eigenvalue weighted by atomic mass is 10.3. The predicted octanol–water partition coefficient (Wildman–Crippen LogP) is 2.66. The van der Waals surface area contributed by atoms with Crippen molar-refractivity contribution in [3.63, 3.8) is 0 Å². The van der Waals surface area contributed by atoms with E-state index in [0.717, 1.165) is 5.52 Å². The summed E-state index contributed by atoms with van der Waals surface area (Å²) >= 11 is 0. The SMILES string of the molecule is C=CC=Nn1ccc2ccccc21. The van der Waals surface area contributed by atoms with Gasteiger partial charge in [-0.25, -0.2) is 4.68 Å². The Kier molecular flexibility index (Phi) is 1.96. The van der Waals surface area contributed by atoms with Crippen molar-refractivity contribution in [2.75, 3.05) is 0 Å². The molecule has 64 valence electrons. The smallest absolute Gasteiger partial charge is 0.0718 e. The van der Waals surface area contributed by atoms with Crippen molar-refractivity contribution in [3.05, 3.63) is 49.2 Å². The standard InChI is InChI=1S/C11H10N2/c1-2-8-12-13-9-7-10-5-3-4-6-11(10)13/h2-9H,1H2. The first-order chi connectivity index (χ1) is 6.42. The van der Waals surface area contributed by atoms with E-state index in [2.05, 4.69) is 17.7 Å². The van der Waals surface area contributed by atoms with Gasteiger partial charge in [0.15, 0.2) is 0 Å². The van der Waals surface area contributed by atoms with Gasteiger partial charge in [-0.15, -0.1) is 0 Å². The van der Waals surface area contributed by atoms with Crippen LogP contribution in [0.15, 0.2) is 54.3 Å². The third kappa shape index (κ3) is 1.38. The fourth-order valence-corrected chi connectivity index (χ4v) is 1.29. The van der Waals surface area contributed by atoms with Gasteiger partial charge in [0.1, 0.15) is 0 Å². The summed E-state index contributed by atoms with van der Waals surface area (Å²) in [5, 5.41) is 5.38. The molecule has 13 heavy (non-hydrogen) atoms. The van der Waals surface area contributed by atoms with E-state index < -0.39 is 0 Å². The minimum atomic E-state index is 1.11. The van der Waals surface area contributed by atoms with Crippen LogP contribution in [0.4, 0.5) is 0 Å². The molecule has 0 aliphatic heterocycles. The Morgan fingerprint density at radius 3 is 2.92 bits per heavy atom. The zero-order valence-corrected chi connectivity index (χ0v) is 7.22.